The molecule has 0 aliphatic carbocycles. The van der Waals surface area contributed by atoms with Crippen LogP contribution in [0.2, 0.25) is 0 Å². The molecule has 3 heteroatoms. The number of hydrogen-bond donors (Lipinski definition) is 1. The number of aliphatic hydroxyl groups excluding tert-OH is 1. The minimum atomic E-state index is -0.341. The maximum atomic E-state index is 10.3. The van der Waals surface area contributed by atoms with Crippen LogP contribution in [0.3, 0.4) is 0 Å². The lowest BCUT2D eigenvalue weighted by Crippen LogP contribution is -2.33. The van der Waals surface area contributed by atoms with Crippen LogP contribution in [0.25, 0.3) is 0 Å². The number of benzene rings is 1. The summed E-state index contributed by atoms with van der Waals surface area (Å²) < 4.78 is 2.29. The van der Waals surface area contributed by atoms with E-state index in [1.807, 2.05) is 12.2 Å². The molecule has 0 aliphatic rings. The number of aliphatic hydroxyl groups is 1. The molecule has 0 aliphatic heterocycles. The SMILES string of the molecule is C=CCC[C@H](O)CN(CC=C)Cc1cccn1Cc1ccc(C(C)(C)C)cc1. The Morgan fingerprint density at radius 1 is 1.11 bits per heavy atom. The summed E-state index contributed by atoms with van der Waals surface area (Å²) in [6.07, 6.45) is 7.14. The summed E-state index contributed by atoms with van der Waals surface area (Å²) in [6, 6.07) is 13.2. The van der Waals surface area contributed by atoms with Gasteiger partial charge >= 0.3 is 0 Å². The number of nitrogens with zero attached hydrogens (tertiary/aromatic N) is 2. The first-order valence-electron chi connectivity index (χ1n) is 10.2. The molecule has 28 heavy (non-hydrogen) atoms. The van der Waals surface area contributed by atoms with E-state index < -0.39 is 0 Å². The summed E-state index contributed by atoms with van der Waals surface area (Å²) in [4.78, 5) is 2.25. The van der Waals surface area contributed by atoms with Gasteiger partial charge in [-0.1, -0.05) is 57.2 Å². The third kappa shape index (κ3) is 6.81. The van der Waals surface area contributed by atoms with Crippen LogP contribution in [0, 0.1) is 0 Å². The molecule has 3 nitrogen and oxygen atoms in total. The fraction of sp³-hybridized carbons (Fsp3) is 0.440. The summed E-state index contributed by atoms with van der Waals surface area (Å²) in [5.74, 6) is 0. The van der Waals surface area contributed by atoms with E-state index in [1.165, 1.54) is 16.8 Å². The molecule has 1 aromatic carbocycles. The molecule has 0 saturated heterocycles. The van der Waals surface area contributed by atoms with Crippen LogP contribution < -0.4 is 0 Å². The maximum Gasteiger partial charge on any atom is 0.0670 e. The van der Waals surface area contributed by atoms with Crippen LogP contribution in [0.5, 0.6) is 0 Å². The van der Waals surface area contributed by atoms with Crippen LogP contribution in [0.4, 0.5) is 0 Å². The standard InChI is InChI=1S/C25H36N2O/c1-6-8-11-24(28)20-26(16-7-2)19-23-10-9-17-27(23)18-21-12-14-22(15-13-21)25(3,4)5/h6-7,9-10,12-15,17,24,28H,1-2,8,11,16,18-20H2,3-5H3/t24-/m0/s1. The van der Waals surface area contributed by atoms with Gasteiger partial charge in [-0.25, -0.2) is 0 Å². The van der Waals surface area contributed by atoms with Gasteiger partial charge in [0.25, 0.3) is 0 Å². The van der Waals surface area contributed by atoms with Crippen molar-refractivity contribution in [2.75, 3.05) is 13.1 Å². The molecular weight excluding hydrogens is 344 g/mol. The highest BCUT2D eigenvalue weighted by atomic mass is 16.3. The first kappa shape index (κ1) is 22.2. The van der Waals surface area contributed by atoms with E-state index in [2.05, 4.69) is 86.0 Å². The molecule has 1 heterocycles. The highest BCUT2D eigenvalue weighted by molar-refractivity contribution is 5.28. The molecule has 1 aromatic heterocycles. The second-order valence-corrected chi connectivity index (χ2v) is 8.58. The van der Waals surface area contributed by atoms with Crippen molar-refractivity contribution >= 4 is 0 Å². The Hall–Kier alpha value is -2.10. The predicted octanol–water partition coefficient (Wildman–Crippen LogP) is 5.15. The van der Waals surface area contributed by atoms with Gasteiger partial charge in [-0.15, -0.1) is 13.2 Å². The Kier molecular flexibility index (Phi) is 8.28. The van der Waals surface area contributed by atoms with E-state index in [9.17, 15) is 5.11 Å². The lowest BCUT2D eigenvalue weighted by molar-refractivity contribution is 0.107. The van der Waals surface area contributed by atoms with Crippen molar-refractivity contribution in [1.82, 2.24) is 9.47 Å². The second-order valence-electron chi connectivity index (χ2n) is 8.58. The maximum absolute atomic E-state index is 10.3. The number of hydrogen-bond acceptors (Lipinski definition) is 2. The molecule has 152 valence electrons. The van der Waals surface area contributed by atoms with E-state index in [-0.39, 0.29) is 11.5 Å². The monoisotopic (exact) mass is 380 g/mol. The van der Waals surface area contributed by atoms with E-state index in [0.717, 1.165) is 32.5 Å². The first-order valence-corrected chi connectivity index (χ1v) is 10.2. The van der Waals surface area contributed by atoms with Gasteiger partial charge in [0.1, 0.15) is 0 Å². The van der Waals surface area contributed by atoms with E-state index in [1.54, 1.807) is 0 Å². The Bertz CT molecular complexity index is 737. The van der Waals surface area contributed by atoms with Crippen molar-refractivity contribution in [3.8, 4) is 0 Å². The molecule has 0 saturated carbocycles. The molecule has 1 N–H and O–H groups in total. The zero-order valence-electron chi connectivity index (χ0n) is 17.8. The third-order valence-electron chi connectivity index (χ3n) is 5.04. The van der Waals surface area contributed by atoms with Gasteiger partial charge in [-0.3, -0.25) is 4.90 Å². The Morgan fingerprint density at radius 2 is 1.82 bits per heavy atom. The first-order chi connectivity index (χ1) is 13.3. The van der Waals surface area contributed by atoms with Gasteiger partial charge in [-0.2, -0.15) is 0 Å². The summed E-state index contributed by atoms with van der Waals surface area (Å²) in [7, 11) is 0. The Morgan fingerprint density at radius 3 is 2.43 bits per heavy atom. The minimum absolute atomic E-state index is 0.175. The van der Waals surface area contributed by atoms with Gasteiger partial charge in [-0.05, 0) is 41.5 Å². The van der Waals surface area contributed by atoms with Crippen LogP contribution in [0.15, 0.2) is 67.9 Å². The Labute approximate surface area is 171 Å². The molecule has 2 aromatic rings. The van der Waals surface area contributed by atoms with Gasteiger partial charge in [0.05, 0.1) is 6.10 Å². The molecule has 0 spiro atoms. The van der Waals surface area contributed by atoms with Crippen LogP contribution in [0.1, 0.15) is 50.4 Å². The van der Waals surface area contributed by atoms with Gasteiger partial charge in [0, 0.05) is 38.1 Å². The summed E-state index contributed by atoms with van der Waals surface area (Å²) in [6.45, 7) is 17.4. The van der Waals surface area contributed by atoms with Crippen LogP contribution in [-0.4, -0.2) is 33.8 Å². The molecule has 0 unspecified atom stereocenters. The largest absolute Gasteiger partial charge is 0.392 e. The van der Waals surface area contributed by atoms with Crippen molar-refractivity contribution in [3.63, 3.8) is 0 Å². The quantitative estimate of drug-likeness (QED) is 0.546. The average Bonchev–Trinajstić information content (AvgIpc) is 3.06. The zero-order chi connectivity index (χ0) is 20.6. The molecule has 0 radical (unpaired) electrons. The van der Waals surface area contributed by atoms with Crippen molar-refractivity contribution in [2.24, 2.45) is 0 Å². The fourth-order valence-electron chi connectivity index (χ4n) is 3.37. The van der Waals surface area contributed by atoms with Gasteiger partial charge < -0.3 is 9.67 Å². The van der Waals surface area contributed by atoms with E-state index >= 15 is 0 Å². The number of allylic oxidation sites excluding steroid dienone is 1. The fourth-order valence-corrected chi connectivity index (χ4v) is 3.37. The third-order valence-corrected chi connectivity index (χ3v) is 5.04. The zero-order valence-corrected chi connectivity index (χ0v) is 17.8. The second kappa shape index (κ2) is 10.4. The smallest absolute Gasteiger partial charge is 0.0670 e. The molecule has 0 fully saturated rings. The van der Waals surface area contributed by atoms with E-state index in [4.69, 9.17) is 0 Å². The molecule has 2 rings (SSSR count). The Balaban J connectivity index is 2.04. The molecule has 0 bridgehead atoms. The topological polar surface area (TPSA) is 28.4 Å². The summed E-state index contributed by atoms with van der Waals surface area (Å²) in [5, 5.41) is 10.3. The van der Waals surface area contributed by atoms with Crippen molar-refractivity contribution in [1.29, 1.82) is 0 Å². The van der Waals surface area contributed by atoms with Crippen molar-refractivity contribution in [3.05, 3.63) is 84.7 Å². The predicted molar refractivity (Wildman–Crippen MR) is 120 cm³/mol. The molecule has 1 atom stereocenters. The van der Waals surface area contributed by atoms with E-state index in [0.29, 0.717) is 6.54 Å². The van der Waals surface area contributed by atoms with Crippen molar-refractivity contribution in [2.45, 2.75) is 58.2 Å². The number of rotatable bonds is 11. The van der Waals surface area contributed by atoms with Gasteiger partial charge in [0.2, 0.25) is 0 Å². The van der Waals surface area contributed by atoms with Gasteiger partial charge in [0.15, 0.2) is 0 Å². The lowest BCUT2D eigenvalue weighted by atomic mass is 9.87. The normalized spacial score (nSPS) is 12.9. The minimum Gasteiger partial charge on any atom is -0.392 e. The lowest BCUT2D eigenvalue weighted by Gasteiger charge is -2.24. The number of aromatic nitrogens is 1. The highest BCUT2D eigenvalue weighted by Gasteiger charge is 2.14. The summed E-state index contributed by atoms with van der Waals surface area (Å²) >= 11 is 0. The van der Waals surface area contributed by atoms with Crippen LogP contribution >= 0.6 is 0 Å². The van der Waals surface area contributed by atoms with Crippen molar-refractivity contribution < 1.29 is 5.11 Å². The van der Waals surface area contributed by atoms with Crippen LogP contribution in [-0.2, 0) is 18.5 Å². The average molecular weight is 381 g/mol. The molecular formula is C25H36N2O. The summed E-state index contributed by atoms with van der Waals surface area (Å²) in [5.41, 5.74) is 4.08. The highest BCUT2D eigenvalue weighted by Crippen LogP contribution is 2.22. The molecule has 0 amide bonds.